The lowest BCUT2D eigenvalue weighted by Crippen LogP contribution is -2.31. The van der Waals surface area contributed by atoms with Crippen molar-refractivity contribution in [3.8, 4) is 0 Å². The minimum absolute atomic E-state index is 0.118. The fourth-order valence-corrected chi connectivity index (χ4v) is 2.24. The summed E-state index contributed by atoms with van der Waals surface area (Å²) in [5.74, 6) is 1.35. The van der Waals surface area contributed by atoms with Gasteiger partial charge >= 0.3 is 0 Å². The Morgan fingerprint density at radius 1 is 1.47 bits per heavy atom. The smallest absolute Gasteiger partial charge is 0.155 e. The Labute approximate surface area is 92.7 Å². The van der Waals surface area contributed by atoms with Crippen molar-refractivity contribution in [2.24, 2.45) is 11.8 Å². The molecule has 15 heavy (non-hydrogen) atoms. The molecule has 0 radical (unpaired) electrons. The quantitative estimate of drug-likeness (QED) is 0.667. The lowest BCUT2D eigenvalue weighted by molar-refractivity contribution is -0.125. The first kappa shape index (κ1) is 12.4. The zero-order valence-corrected chi connectivity index (χ0v) is 10.0. The Bertz CT molecular complexity index is 233. The van der Waals surface area contributed by atoms with E-state index in [1.807, 2.05) is 6.92 Å². The van der Waals surface area contributed by atoms with Gasteiger partial charge in [0.05, 0.1) is 6.10 Å². The maximum atomic E-state index is 10.9. The third-order valence-electron chi connectivity index (χ3n) is 3.05. The summed E-state index contributed by atoms with van der Waals surface area (Å²) in [6, 6.07) is 0. The summed E-state index contributed by atoms with van der Waals surface area (Å²) in [4.78, 5) is 10.9. The van der Waals surface area contributed by atoms with Gasteiger partial charge in [0.15, 0.2) is 5.78 Å². The van der Waals surface area contributed by atoms with E-state index in [1.54, 1.807) is 6.92 Å². The summed E-state index contributed by atoms with van der Waals surface area (Å²) < 4.78 is 5.68. The molecule has 3 unspecified atom stereocenters. The van der Waals surface area contributed by atoms with Crippen LogP contribution >= 0.6 is 0 Å². The van der Waals surface area contributed by atoms with Crippen molar-refractivity contribution < 1.29 is 9.53 Å². The first-order valence-corrected chi connectivity index (χ1v) is 5.87. The van der Waals surface area contributed by atoms with Crippen LogP contribution in [0.15, 0.2) is 12.2 Å². The topological polar surface area (TPSA) is 26.3 Å². The number of ketones is 1. The van der Waals surface area contributed by atoms with E-state index in [-0.39, 0.29) is 18.5 Å². The second-order valence-corrected chi connectivity index (χ2v) is 4.66. The summed E-state index contributed by atoms with van der Waals surface area (Å²) in [7, 11) is 0. The molecule has 0 N–H and O–H groups in total. The highest BCUT2D eigenvalue weighted by Crippen LogP contribution is 2.31. The van der Waals surface area contributed by atoms with Crippen LogP contribution in [0.4, 0.5) is 0 Å². The fourth-order valence-electron chi connectivity index (χ4n) is 2.24. The van der Waals surface area contributed by atoms with Crippen LogP contribution in [0.25, 0.3) is 0 Å². The van der Waals surface area contributed by atoms with Crippen LogP contribution in [0.2, 0.25) is 0 Å². The van der Waals surface area contributed by atoms with Crippen molar-refractivity contribution in [3.05, 3.63) is 12.2 Å². The molecule has 0 aromatic carbocycles. The van der Waals surface area contributed by atoms with Gasteiger partial charge in [-0.15, -0.1) is 0 Å². The zero-order valence-electron chi connectivity index (χ0n) is 10.0. The second-order valence-electron chi connectivity index (χ2n) is 4.66. The van der Waals surface area contributed by atoms with Gasteiger partial charge in [-0.3, -0.25) is 4.79 Å². The SMILES string of the molecule is CC=CC1CCC(C)CC1OCC(C)=O. The molecule has 2 heteroatoms. The summed E-state index contributed by atoms with van der Waals surface area (Å²) in [6.45, 7) is 6.15. The standard InChI is InChI=1S/C13H22O2/c1-4-5-12-7-6-10(2)8-13(12)15-9-11(3)14/h4-5,10,12-13H,6-9H2,1-3H3. The van der Waals surface area contributed by atoms with E-state index >= 15 is 0 Å². The van der Waals surface area contributed by atoms with E-state index < -0.39 is 0 Å². The average molecular weight is 210 g/mol. The van der Waals surface area contributed by atoms with Gasteiger partial charge in [-0.1, -0.05) is 19.1 Å². The molecule has 0 heterocycles. The predicted molar refractivity (Wildman–Crippen MR) is 61.7 cm³/mol. The van der Waals surface area contributed by atoms with Gasteiger partial charge in [0.25, 0.3) is 0 Å². The summed E-state index contributed by atoms with van der Waals surface area (Å²) in [5.41, 5.74) is 0. The van der Waals surface area contributed by atoms with Crippen molar-refractivity contribution in [2.45, 2.75) is 46.1 Å². The molecule has 1 rings (SSSR count). The predicted octanol–water partition coefficient (Wildman–Crippen LogP) is 2.97. The monoisotopic (exact) mass is 210 g/mol. The summed E-state index contributed by atoms with van der Waals surface area (Å²) >= 11 is 0. The van der Waals surface area contributed by atoms with E-state index in [2.05, 4.69) is 19.1 Å². The number of ether oxygens (including phenoxy) is 1. The van der Waals surface area contributed by atoms with Gasteiger partial charge in [-0.2, -0.15) is 0 Å². The van der Waals surface area contributed by atoms with E-state index in [1.165, 1.54) is 12.8 Å². The Morgan fingerprint density at radius 2 is 2.20 bits per heavy atom. The van der Waals surface area contributed by atoms with Crippen molar-refractivity contribution in [2.75, 3.05) is 6.61 Å². The maximum absolute atomic E-state index is 10.9. The largest absolute Gasteiger partial charge is 0.370 e. The zero-order chi connectivity index (χ0) is 11.3. The molecule has 0 aromatic heterocycles. The highest BCUT2D eigenvalue weighted by Gasteiger charge is 2.27. The number of allylic oxidation sites excluding steroid dienone is 1. The molecule has 1 fully saturated rings. The fraction of sp³-hybridized carbons (Fsp3) is 0.769. The number of Topliss-reactive ketones (excluding diaryl/α,β-unsaturated/α-hetero) is 1. The highest BCUT2D eigenvalue weighted by atomic mass is 16.5. The van der Waals surface area contributed by atoms with Crippen molar-refractivity contribution in [3.63, 3.8) is 0 Å². The molecule has 1 aliphatic rings. The van der Waals surface area contributed by atoms with Crippen molar-refractivity contribution in [1.29, 1.82) is 0 Å². The lowest BCUT2D eigenvalue weighted by Gasteiger charge is -2.32. The molecule has 0 aromatic rings. The molecule has 1 saturated carbocycles. The summed E-state index contributed by atoms with van der Waals surface area (Å²) in [5, 5.41) is 0. The van der Waals surface area contributed by atoms with Crippen LogP contribution < -0.4 is 0 Å². The van der Waals surface area contributed by atoms with Gasteiger partial charge in [0.2, 0.25) is 0 Å². The number of carbonyl (C=O) groups excluding carboxylic acids is 1. The normalized spacial score (nSPS) is 32.1. The Hall–Kier alpha value is -0.630. The highest BCUT2D eigenvalue weighted by molar-refractivity contribution is 5.76. The molecule has 1 aliphatic carbocycles. The number of hydrogen-bond donors (Lipinski definition) is 0. The first-order chi connectivity index (χ1) is 7.13. The Kier molecular flexibility index (Phi) is 5.03. The third-order valence-corrected chi connectivity index (χ3v) is 3.05. The second kappa shape index (κ2) is 6.06. The molecule has 0 aliphatic heterocycles. The molecule has 2 nitrogen and oxygen atoms in total. The Balaban J connectivity index is 2.49. The van der Waals surface area contributed by atoms with Crippen LogP contribution in [0.3, 0.4) is 0 Å². The van der Waals surface area contributed by atoms with E-state index in [4.69, 9.17) is 4.74 Å². The third kappa shape index (κ3) is 4.17. The van der Waals surface area contributed by atoms with Crippen LogP contribution in [0, 0.1) is 11.8 Å². The number of carbonyl (C=O) groups is 1. The average Bonchev–Trinajstić information content (AvgIpc) is 2.18. The van der Waals surface area contributed by atoms with Gasteiger partial charge in [0.1, 0.15) is 6.61 Å². The Morgan fingerprint density at radius 3 is 2.80 bits per heavy atom. The number of rotatable bonds is 4. The molecular formula is C13H22O2. The van der Waals surface area contributed by atoms with E-state index in [0.29, 0.717) is 5.92 Å². The van der Waals surface area contributed by atoms with Crippen molar-refractivity contribution in [1.82, 2.24) is 0 Å². The minimum atomic E-state index is 0.118. The van der Waals surface area contributed by atoms with E-state index in [0.717, 1.165) is 12.3 Å². The van der Waals surface area contributed by atoms with Crippen LogP contribution in [-0.4, -0.2) is 18.5 Å². The van der Waals surface area contributed by atoms with E-state index in [9.17, 15) is 4.79 Å². The molecule has 86 valence electrons. The molecular weight excluding hydrogens is 188 g/mol. The van der Waals surface area contributed by atoms with Gasteiger partial charge in [-0.05, 0) is 39.0 Å². The van der Waals surface area contributed by atoms with Crippen LogP contribution in [0.5, 0.6) is 0 Å². The molecule has 0 bridgehead atoms. The maximum Gasteiger partial charge on any atom is 0.155 e. The number of hydrogen-bond acceptors (Lipinski definition) is 2. The van der Waals surface area contributed by atoms with Crippen LogP contribution in [0.1, 0.15) is 40.0 Å². The van der Waals surface area contributed by atoms with Crippen LogP contribution in [-0.2, 0) is 9.53 Å². The minimum Gasteiger partial charge on any atom is -0.370 e. The van der Waals surface area contributed by atoms with Gasteiger partial charge < -0.3 is 4.74 Å². The molecule has 3 atom stereocenters. The van der Waals surface area contributed by atoms with Gasteiger partial charge in [-0.25, -0.2) is 0 Å². The molecule has 0 saturated heterocycles. The lowest BCUT2D eigenvalue weighted by atomic mass is 9.80. The summed E-state index contributed by atoms with van der Waals surface area (Å²) in [6.07, 6.45) is 8.10. The van der Waals surface area contributed by atoms with Gasteiger partial charge in [0, 0.05) is 5.92 Å². The molecule has 0 amide bonds. The first-order valence-electron chi connectivity index (χ1n) is 5.87. The molecule has 0 spiro atoms. The van der Waals surface area contributed by atoms with Crippen molar-refractivity contribution >= 4 is 5.78 Å².